The highest BCUT2D eigenvalue weighted by molar-refractivity contribution is 9.10. The Morgan fingerprint density at radius 1 is 1.12 bits per heavy atom. The molecule has 1 heterocycles. The van der Waals surface area contributed by atoms with Gasteiger partial charge >= 0.3 is 6.03 Å². The molecule has 0 bridgehead atoms. The number of benzene rings is 1. The minimum Gasteiger partial charge on any atom is -0.337 e. The van der Waals surface area contributed by atoms with Crippen LogP contribution in [0.15, 0.2) is 28.7 Å². The maximum Gasteiger partial charge on any atom is 0.319 e. The Hall–Kier alpha value is -2.00. The lowest BCUT2D eigenvalue weighted by molar-refractivity contribution is -0.116. The number of amides is 3. The molecule has 0 saturated heterocycles. The number of rotatable bonds is 9. The molecule has 3 N–H and O–H groups in total. The minimum absolute atomic E-state index is 0.165. The molecule has 140 valence electrons. The fraction of sp³-hybridized carbons (Fsp3) is 0.412. The molecule has 0 aliphatic carbocycles. The molecule has 0 aliphatic heterocycles. The third kappa shape index (κ3) is 7.49. The van der Waals surface area contributed by atoms with Crippen molar-refractivity contribution in [2.45, 2.75) is 39.0 Å². The van der Waals surface area contributed by atoms with Gasteiger partial charge in [-0.05, 0) is 30.7 Å². The van der Waals surface area contributed by atoms with Crippen molar-refractivity contribution in [2.24, 2.45) is 0 Å². The monoisotopic (exact) mass is 439 g/mol. The molecule has 0 atom stereocenters. The smallest absolute Gasteiger partial charge is 0.319 e. The molecule has 0 fully saturated rings. The van der Waals surface area contributed by atoms with Crippen molar-refractivity contribution < 1.29 is 9.59 Å². The van der Waals surface area contributed by atoms with Crippen LogP contribution in [-0.4, -0.2) is 28.7 Å². The maximum atomic E-state index is 11.9. The van der Waals surface area contributed by atoms with E-state index in [1.165, 1.54) is 11.3 Å². The first-order chi connectivity index (χ1) is 12.6. The van der Waals surface area contributed by atoms with E-state index in [1.807, 2.05) is 12.1 Å². The van der Waals surface area contributed by atoms with Gasteiger partial charge in [0, 0.05) is 29.5 Å². The molecular formula is C17H22BrN5O2S. The first-order valence-electron chi connectivity index (χ1n) is 8.49. The molecule has 0 aliphatic rings. The second kappa shape index (κ2) is 10.9. The molecule has 9 heteroatoms. The van der Waals surface area contributed by atoms with Crippen molar-refractivity contribution in [3.63, 3.8) is 0 Å². The minimum atomic E-state index is -0.353. The summed E-state index contributed by atoms with van der Waals surface area (Å²) in [5, 5.41) is 17.5. The van der Waals surface area contributed by atoms with E-state index in [1.54, 1.807) is 12.1 Å². The number of anilines is 2. The van der Waals surface area contributed by atoms with Crippen molar-refractivity contribution in [1.82, 2.24) is 15.5 Å². The number of urea groups is 1. The van der Waals surface area contributed by atoms with E-state index in [0.29, 0.717) is 10.8 Å². The first-order valence-corrected chi connectivity index (χ1v) is 10.1. The van der Waals surface area contributed by atoms with Gasteiger partial charge in [0.05, 0.1) is 0 Å². The molecule has 26 heavy (non-hydrogen) atoms. The number of nitrogens with zero attached hydrogens (tertiary/aromatic N) is 2. The second-order valence-corrected chi connectivity index (χ2v) is 7.62. The van der Waals surface area contributed by atoms with Gasteiger partial charge in [0.25, 0.3) is 0 Å². The third-order valence-corrected chi connectivity index (χ3v) is 4.87. The maximum absolute atomic E-state index is 11.9. The summed E-state index contributed by atoms with van der Waals surface area (Å²) >= 11 is 4.73. The quantitative estimate of drug-likeness (QED) is 0.510. The third-order valence-electron chi connectivity index (χ3n) is 3.45. The van der Waals surface area contributed by atoms with Crippen LogP contribution in [0.4, 0.5) is 15.6 Å². The van der Waals surface area contributed by atoms with Gasteiger partial charge < -0.3 is 16.0 Å². The van der Waals surface area contributed by atoms with E-state index >= 15 is 0 Å². The largest absolute Gasteiger partial charge is 0.337 e. The zero-order valence-corrected chi connectivity index (χ0v) is 17.0. The molecule has 0 spiro atoms. The average molecular weight is 440 g/mol. The Bertz CT molecular complexity index is 720. The van der Waals surface area contributed by atoms with Gasteiger partial charge in [0.1, 0.15) is 5.01 Å². The van der Waals surface area contributed by atoms with Gasteiger partial charge in [-0.25, -0.2) is 4.79 Å². The summed E-state index contributed by atoms with van der Waals surface area (Å²) in [4.78, 5) is 23.7. The van der Waals surface area contributed by atoms with Crippen LogP contribution >= 0.6 is 27.3 Å². The zero-order valence-electron chi connectivity index (χ0n) is 14.5. The van der Waals surface area contributed by atoms with Gasteiger partial charge in [0.15, 0.2) is 0 Å². The molecular weight excluding hydrogens is 418 g/mol. The summed E-state index contributed by atoms with van der Waals surface area (Å²) < 4.78 is 0.935. The predicted molar refractivity (Wildman–Crippen MR) is 108 cm³/mol. The molecule has 1 aromatic heterocycles. The Morgan fingerprint density at radius 3 is 2.62 bits per heavy atom. The molecule has 2 rings (SSSR count). The standard InChI is InChI=1S/C17H22BrN5O2S/c1-2-3-4-5-15-22-23-17(26-15)21-14(24)10-11-19-16(25)20-13-8-6-12(18)7-9-13/h6-9H,2-5,10-11H2,1H3,(H2,19,20,25)(H,21,23,24). The second-order valence-electron chi connectivity index (χ2n) is 5.64. The molecule has 0 unspecified atom stereocenters. The van der Waals surface area contributed by atoms with E-state index < -0.39 is 0 Å². The van der Waals surface area contributed by atoms with Gasteiger partial charge in [-0.3, -0.25) is 4.79 Å². The van der Waals surface area contributed by atoms with Gasteiger partial charge in [-0.15, -0.1) is 10.2 Å². The summed E-state index contributed by atoms with van der Waals surface area (Å²) in [6, 6.07) is 6.88. The SMILES string of the molecule is CCCCCc1nnc(NC(=O)CCNC(=O)Nc2ccc(Br)cc2)s1. The van der Waals surface area contributed by atoms with E-state index in [4.69, 9.17) is 0 Å². The number of hydrogen-bond donors (Lipinski definition) is 3. The molecule has 7 nitrogen and oxygen atoms in total. The van der Waals surface area contributed by atoms with Crippen LogP contribution < -0.4 is 16.0 Å². The summed E-state index contributed by atoms with van der Waals surface area (Å²) in [7, 11) is 0. The van der Waals surface area contributed by atoms with Crippen molar-refractivity contribution in [3.8, 4) is 0 Å². The van der Waals surface area contributed by atoms with E-state index in [9.17, 15) is 9.59 Å². The van der Waals surface area contributed by atoms with E-state index in [-0.39, 0.29) is 24.9 Å². The van der Waals surface area contributed by atoms with Crippen molar-refractivity contribution in [3.05, 3.63) is 33.7 Å². The van der Waals surface area contributed by atoms with Crippen LogP contribution in [0.2, 0.25) is 0 Å². The number of aromatic nitrogens is 2. The molecule has 3 amide bonds. The molecule has 2 aromatic rings. The van der Waals surface area contributed by atoms with Gasteiger partial charge in [-0.2, -0.15) is 0 Å². The lowest BCUT2D eigenvalue weighted by Gasteiger charge is -2.07. The molecule has 0 radical (unpaired) electrons. The summed E-state index contributed by atoms with van der Waals surface area (Å²) in [6.45, 7) is 2.38. The first kappa shape index (κ1) is 20.3. The predicted octanol–water partition coefficient (Wildman–Crippen LogP) is 4.18. The fourth-order valence-electron chi connectivity index (χ4n) is 2.11. The normalized spacial score (nSPS) is 10.4. The van der Waals surface area contributed by atoms with Crippen LogP contribution in [0.3, 0.4) is 0 Å². The fourth-order valence-corrected chi connectivity index (χ4v) is 3.17. The highest BCUT2D eigenvalue weighted by Gasteiger charge is 2.09. The average Bonchev–Trinajstić information content (AvgIpc) is 3.04. The van der Waals surface area contributed by atoms with E-state index in [0.717, 1.165) is 35.2 Å². The van der Waals surface area contributed by atoms with Crippen molar-refractivity contribution in [2.75, 3.05) is 17.2 Å². The number of unbranched alkanes of at least 4 members (excludes halogenated alkanes) is 2. The summed E-state index contributed by atoms with van der Waals surface area (Å²) in [5.74, 6) is -0.204. The number of halogens is 1. The number of aryl methyl sites for hydroxylation is 1. The van der Waals surface area contributed by atoms with Crippen LogP contribution in [0, 0.1) is 0 Å². The Balaban J connectivity index is 1.65. The molecule has 0 saturated carbocycles. The van der Waals surface area contributed by atoms with Crippen LogP contribution in [0.25, 0.3) is 0 Å². The molecule has 1 aromatic carbocycles. The number of nitrogens with one attached hydrogen (secondary N) is 3. The summed E-state index contributed by atoms with van der Waals surface area (Å²) in [6.07, 6.45) is 4.45. The zero-order chi connectivity index (χ0) is 18.8. The topological polar surface area (TPSA) is 96.0 Å². The number of carbonyl (C=O) groups is 2. The highest BCUT2D eigenvalue weighted by atomic mass is 79.9. The Morgan fingerprint density at radius 2 is 1.88 bits per heavy atom. The van der Waals surface area contributed by atoms with Crippen molar-refractivity contribution >= 4 is 50.0 Å². The Labute approximate surface area is 165 Å². The van der Waals surface area contributed by atoms with Crippen LogP contribution in [0.5, 0.6) is 0 Å². The lowest BCUT2D eigenvalue weighted by atomic mass is 10.2. The summed E-state index contributed by atoms with van der Waals surface area (Å²) in [5.41, 5.74) is 0.680. The number of hydrogen-bond acceptors (Lipinski definition) is 5. The number of carbonyl (C=O) groups excluding carboxylic acids is 2. The van der Waals surface area contributed by atoms with E-state index in [2.05, 4.69) is 49.0 Å². The lowest BCUT2D eigenvalue weighted by Crippen LogP contribution is -2.31. The van der Waals surface area contributed by atoms with Crippen LogP contribution in [0.1, 0.15) is 37.6 Å². The van der Waals surface area contributed by atoms with Crippen LogP contribution in [-0.2, 0) is 11.2 Å². The van der Waals surface area contributed by atoms with Gasteiger partial charge in [-0.1, -0.05) is 47.0 Å². The van der Waals surface area contributed by atoms with Crippen molar-refractivity contribution in [1.29, 1.82) is 0 Å². The Kier molecular flexibility index (Phi) is 8.49. The highest BCUT2D eigenvalue weighted by Crippen LogP contribution is 2.17. The van der Waals surface area contributed by atoms with Gasteiger partial charge in [0.2, 0.25) is 11.0 Å².